The second-order valence-corrected chi connectivity index (χ2v) is 10.5. The highest BCUT2D eigenvalue weighted by Crippen LogP contribution is 2.41. The third-order valence-corrected chi connectivity index (χ3v) is 7.79. The van der Waals surface area contributed by atoms with Crippen molar-refractivity contribution in [3.63, 3.8) is 0 Å². The second kappa shape index (κ2) is 11.8. The summed E-state index contributed by atoms with van der Waals surface area (Å²) in [4.78, 5) is 25.6. The Labute approximate surface area is 236 Å². The molecule has 6 nitrogen and oxygen atoms in total. The summed E-state index contributed by atoms with van der Waals surface area (Å²) in [6, 6.07) is 37.2. The maximum atomic E-state index is 13.4. The van der Waals surface area contributed by atoms with Gasteiger partial charge in [-0.1, -0.05) is 91.0 Å². The molecule has 1 atom stereocenters. The number of hydrogen-bond acceptors (Lipinski definition) is 5. The van der Waals surface area contributed by atoms with E-state index in [0.717, 1.165) is 60.2 Å². The Morgan fingerprint density at radius 2 is 1.40 bits per heavy atom. The van der Waals surface area contributed by atoms with Crippen LogP contribution in [0.15, 0.2) is 114 Å². The highest BCUT2D eigenvalue weighted by molar-refractivity contribution is 6.01. The fraction of sp³-hybridized carbons (Fsp3) is 0.235. The van der Waals surface area contributed by atoms with Crippen molar-refractivity contribution >= 4 is 23.2 Å². The number of rotatable bonds is 6. The molecule has 0 saturated carbocycles. The van der Waals surface area contributed by atoms with Crippen molar-refractivity contribution in [2.24, 2.45) is 4.99 Å². The lowest BCUT2D eigenvalue weighted by Gasteiger charge is -2.44. The van der Waals surface area contributed by atoms with E-state index in [9.17, 15) is 4.79 Å². The Balaban J connectivity index is 1.35. The molecule has 2 heterocycles. The van der Waals surface area contributed by atoms with Crippen molar-refractivity contribution in [3.8, 4) is 11.1 Å². The average molecular weight is 530 g/mol. The standard InChI is InChI=1S/C34H35N5O/c1-37-20-22-38(23-21-37)34-36-31-15-9-8-14-30(31)32(24-33(40)35-25-26-10-4-2-5-11-26)39(34)29-18-16-28(17-19-29)27-12-6-3-7-13-27/h2-19,32H,20-25H2,1H3,(H,35,40). The van der Waals surface area contributed by atoms with Gasteiger partial charge in [-0.05, 0) is 41.9 Å². The molecule has 0 radical (unpaired) electrons. The first-order valence-electron chi connectivity index (χ1n) is 14.0. The van der Waals surface area contributed by atoms with E-state index in [-0.39, 0.29) is 11.9 Å². The monoisotopic (exact) mass is 529 g/mol. The zero-order valence-corrected chi connectivity index (χ0v) is 22.9. The van der Waals surface area contributed by atoms with Gasteiger partial charge in [-0.25, -0.2) is 4.99 Å². The van der Waals surface area contributed by atoms with Crippen LogP contribution in [-0.2, 0) is 11.3 Å². The van der Waals surface area contributed by atoms with E-state index in [1.54, 1.807) is 0 Å². The number of nitrogens with one attached hydrogen (secondary N) is 1. The molecule has 0 aromatic heterocycles. The number of guanidine groups is 1. The number of anilines is 1. The number of hydrogen-bond donors (Lipinski definition) is 1. The van der Waals surface area contributed by atoms with E-state index < -0.39 is 0 Å². The van der Waals surface area contributed by atoms with Gasteiger partial charge in [-0.15, -0.1) is 0 Å². The Hall–Kier alpha value is -4.42. The van der Waals surface area contributed by atoms with Crippen LogP contribution >= 0.6 is 0 Å². The minimum atomic E-state index is -0.179. The molecule has 1 unspecified atom stereocenters. The molecule has 0 aliphatic carbocycles. The number of fused-ring (bicyclic) bond motifs is 1. The zero-order chi connectivity index (χ0) is 27.3. The van der Waals surface area contributed by atoms with Gasteiger partial charge < -0.3 is 20.0 Å². The normalized spacial score (nSPS) is 17.2. The Morgan fingerprint density at radius 3 is 2.12 bits per heavy atom. The number of carbonyl (C=O) groups is 1. The fourth-order valence-corrected chi connectivity index (χ4v) is 5.53. The highest BCUT2D eigenvalue weighted by Gasteiger charge is 2.36. The number of benzene rings is 4. The van der Waals surface area contributed by atoms with Gasteiger partial charge in [0.25, 0.3) is 0 Å². The molecule has 6 rings (SSSR count). The van der Waals surface area contributed by atoms with E-state index >= 15 is 0 Å². The molecule has 1 amide bonds. The minimum Gasteiger partial charge on any atom is -0.352 e. The van der Waals surface area contributed by atoms with E-state index in [0.29, 0.717) is 13.0 Å². The Kier molecular flexibility index (Phi) is 7.60. The summed E-state index contributed by atoms with van der Waals surface area (Å²) < 4.78 is 0. The largest absolute Gasteiger partial charge is 0.352 e. The number of likely N-dealkylation sites (N-methyl/N-ethyl adjacent to an activating group) is 1. The molecule has 4 aromatic carbocycles. The molecule has 0 spiro atoms. The van der Waals surface area contributed by atoms with Crippen LogP contribution < -0.4 is 10.2 Å². The molecule has 202 valence electrons. The lowest BCUT2D eigenvalue weighted by atomic mass is 9.96. The molecule has 0 bridgehead atoms. The number of carbonyl (C=O) groups excluding carboxylic acids is 1. The summed E-state index contributed by atoms with van der Waals surface area (Å²) in [5.41, 5.74) is 6.48. The van der Waals surface area contributed by atoms with Gasteiger partial charge >= 0.3 is 0 Å². The maximum absolute atomic E-state index is 13.4. The van der Waals surface area contributed by atoms with Crippen LogP contribution in [0.4, 0.5) is 11.4 Å². The van der Waals surface area contributed by atoms with E-state index in [1.165, 1.54) is 5.56 Å². The summed E-state index contributed by atoms with van der Waals surface area (Å²) in [6.07, 6.45) is 0.330. The van der Waals surface area contributed by atoms with Crippen molar-refractivity contribution in [1.82, 2.24) is 15.1 Å². The summed E-state index contributed by atoms with van der Waals surface area (Å²) in [7, 11) is 2.16. The Bertz CT molecular complexity index is 1460. The molecule has 4 aromatic rings. The van der Waals surface area contributed by atoms with Crippen molar-refractivity contribution in [2.45, 2.75) is 19.0 Å². The lowest BCUT2D eigenvalue weighted by Crippen LogP contribution is -2.54. The Morgan fingerprint density at radius 1 is 0.775 bits per heavy atom. The van der Waals surface area contributed by atoms with Crippen molar-refractivity contribution in [3.05, 3.63) is 120 Å². The van der Waals surface area contributed by atoms with Crippen LogP contribution in [0.1, 0.15) is 23.6 Å². The predicted molar refractivity (Wildman–Crippen MR) is 163 cm³/mol. The van der Waals surface area contributed by atoms with Gasteiger partial charge in [0, 0.05) is 44.0 Å². The van der Waals surface area contributed by atoms with Gasteiger partial charge in [0.15, 0.2) is 0 Å². The van der Waals surface area contributed by atoms with Gasteiger partial charge in [0.05, 0.1) is 18.2 Å². The third kappa shape index (κ3) is 5.63. The van der Waals surface area contributed by atoms with Crippen molar-refractivity contribution in [1.29, 1.82) is 0 Å². The number of para-hydroxylation sites is 1. The zero-order valence-electron chi connectivity index (χ0n) is 22.9. The molecule has 2 aliphatic heterocycles. The minimum absolute atomic E-state index is 0.0224. The molecular formula is C34H35N5O. The van der Waals surface area contributed by atoms with Crippen molar-refractivity contribution < 1.29 is 4.79 Å². The van der Waals surface area contributed by atoms with Crippen LogP contribution in [0.25, 0.3) is 11.1 Å². The summed E-state index contributed by atoms with van der Waals surface area (Å²) in [5.74, 6) is 0.939. The number of nitrogens with zero attached hydrogens (tertiary/aromatic N) is 4. The molecule has 6 heteroatoms. The molecule has 2 aliphatic rings. The summed E-state index contributed by atoms with van der Waals surface area (Å²) in [5, 5.41) is 3.15. The summed E-state index contributed by atoms with van der Waals surface area (Å²) >= 11 is 0. The summed E-state index contributed by atoms with van der Waals surface area (Å²) in [6.45, 7) is 4.25. The van der Waals surface area contributed by atoms with Crippen molar-refractivity contribution in [2.75, 3.05) is 38.1 Å². The third-order valence-electron chi connectivity index (χ3n) is 7.79. The second-order valence-electron chi connectivity index (χ2n) is 10.5. The van der Waals surface area contributed by atoms with Crippen LogP contribution in [-0.4, -0.2) is 54.9 Å². The molecule has 1 saturated heterocycles. The van der Waals surface area contributed by atoms with Gasteiger partial charge in [-0.3, -0.25) is 4.79 Å². The topological polar surface area (TPSA) is 51.2 Å². The molecule has 40 heavy (non-hydrogen) atoms. The number of amides is 1. The number of aliphatic imine (C=N–C) groups is 1. The smallest absolute Gasteiger partial charge is 0.222 e. The molecular weight excluding hydrogens is 494 g/mol. The van der Waals surface area contributed by atoms with Gasteiger partial charge in [0.2, 0.25) is 11.9 Å². The fourth-order valence-electron chi connectivity index (χ4n) is 5.53. The SMILES string of the molecule is CN1CCN(C2=Nc3ccccc3C(CC(=O)NCc3ccccc3)N2c2ccc(-c3ccccc3)cc2)CC1. The molecule has 1 fully saturated rings. The first-order chi connectivity index (χ1) is 19.7. The van der Waals surface area contributed by atoms with Crippen LogP contribution in [0, 0.1) is 0 Å². The maximum Gasteiger partial charge on any atom is 0.222 e. The molecule has 1 N–H and O–H groups in total. The first-order valence-corrected chi connectivity index (χ1v) is 14.0. The van der Waals surface area contributed by atoms with E-state index in [1.807, 2.05) is 48.5 Å². The lowest BCUT2D eigenvalue weighted by molar-refractivity contribution is -0.121. The van der Waals surface area contributed by atoms with Crippen LogP contribution in [0.3, 0.4) is 0 Å². The van der Waals surface area contributed by atoms with E-state index in [4.69, 9.17) is 4.99 Å². The van der Waals surface area contributed by atoms with Crippen LogP contribution in [0.2, 0.25) is 0 Å². The predicted octanol–water partition coefficient (Wildman–Crippen LogP) is 5.86. The highest BCUT2D eigenvalue weighted by atomic mass is 16.1. The average Bonchev–Trinajstić information content (AvgIpc) is 3.01. The number of piperazine rings is 1. The van der Waals surface area contributed by atoms with Crippen LogP contribution in [0.5, 0.6) is 0 Å². The van der Waals surface area contributed by atoms with Gasteiger partial charge in [-0.2, -0.15) is 0 Å². The van der Waals surface area contributed by atoms with E-state index in [2.05, 4.69) is 87.7 Å². The first kappa shape index (κ1) is 25.8. The van der Waals surface area contributed by atoms with Gasteiger partial charge in [0.1, 0.15) is 0 Å². The quantitative estimate of drug-likeness (QED) is 0.340.